The molecule has 0 N–H and O–H groups in total. The van der Waals surface area contributed by atoms with Gasteiger partial charge in [0.2, 0.25) is 0 Å². The Balaban J connectivity index is 1.53. The molecule has 7 rings (SSSR count). The zero-order valence-corrected chi connectivity index (χ0v) is 21.5. The second-order valence-electron chi connectivity index (χ2n) is 9.75. The summed E-state index contributed by atoms with van der Waals surface area (Å²) in [6.45, 7) is 0. The molecule has 0 amide bonds. The standard InChI is InChI=1S/C36H28N2O/c1-6-16-27(17-7-1)26-32-33-34(38(31-24-14-5-15-25-31)37(32)30-22-12-4-13-23-30)36(29-20-10-3-11-21-29)39-35(33)28-18-8-2-9-19-28/h1-26,35-36H/b32-26-/t35-,36+/m0/s1. The van der Waals surface area contributed by atoms with Gasteiger partial charge >= 0.3 is 0 Å². The van der Waals surface area contributed by atoms with E-state index in [1.54, 1.807) is 0 Å². The van der Waals surface area contributed by atoms with Crippen LogP contribution in [-0.4, -0.2) is 0 Å². The van der Waals surface area contributed by atoms with Gasteiger partial charge in [-0.2, -0.15) is 0 Å². The Morgan fingerprint density at radius 2 is 0.897 bits per heavy atom. The fourth-order valence-electron chi connectivity index (χ4n) is 5.60. The SMILES string of the molecule is C(=C1\C2=C([C@@H](c3ccccc3)O[C@H]2c2ccccc2)N(c2ccccc2)N1c1ccccc1)/c1ccccc1. The lowest BCUT2D eigenvalue weighted by atomic mass is 9.96. The second kappa shape index (κ2) is 10.1. The fraction of sp³-hybridized carbons (Fsp3) is 0.0556. The van der Waals surface area contributed by atoms with Crippen molar-refractivity contribution < 1.29 is 4.74 Å². The maximum atomic E-state index is 7.02. The second-order valence-corrected chi connectivity index (χ2v) is 9.75. The number of hydrogen-bond acceptors (Lipinski definition) is 3. The van der Waals surface area contributed by atoms with Gasteiger partial charge in [-0.25, -0.2) is 10.0 Å². The van der Waals surface area contributed by atoms with E-state index in [9.17, 15) is 0 Å². The van der Waals surface area contributed by atoms with Crippen molar-refractivity contribution in [2.45, 2.75) is 12.2 Å². The van der Waals surface area contributed by atoms with Gasteiger partial charge in [0, 0.05) is 5.57 Å². The largest absolute Gasteiger partial charge is 0.354 e. The zero-order chi connectivity index (χ0) is 26.0. The molecule has 0 saturated heterocycles. The van der Waals surface area contributed by atoms with E-state index in [-0.39, 0.29) is 12.2 Å². The molecule has 0 unspecified atom stereocenters. The average molecular weight is 505 g/mol. The molecular formula is C36H28N2O. The summed E-state index contributed by atoms with van der Waals surface area (Å²) in [5.41, 5.74) is 9.05. The first-order chi connectivity index (χ1) is 19.4. The zero-order valence-electron chi connectivity index (χ0n) is 21.5. The van der Waals surface area contributed by atoms with Crippen LogP contribution < -0.4 is 10.0 Å². The van der Waals surface area contributed by atoms with Crippen molar-refractivity contribution >= 4 is 17.5 Å². The van der Waals surface area contributed by atoms with Gasteiger partial charge in [0.15, 0.2) is 0 Å². The first kappa shape index (κ1) is 23.3. The van der Waals surface area contributed by atoms with E-state index >= 15 is 0 Å². The van der Waals surface area contributed by atoms with E-state index in [4.69, 9.17) is 4.74 Å². The highest BCUT2D eigenvalue weighted by molar-refractivity contribution is 5.81. The van der Waals surface area contributed by atoms with Gasteiger partial charge in [0.25, 0.3) is 0 Å². The third-order valence-corrected chi connectivity index (χ3v) is 7.30. The quantitative estimate of drug-likeness (QED) is 0.238. The summed E-state index contributed by atoms with van der Waals surface area (Å²) in [6, 6.07) is 52.9. The summed E-state index contributed by atoms with van der Waals surface area (Å²) in [6.07, 6.45) is 1.83. The van der Waals surface area contributed by atoms with Gasteiger partial charge in [-0.05, 0) is 47.0 Å². The molecule has 2 aliphatic heterocycles. The molecule has 0 saturated carbocycles. The fourth-order valence-corrected chi connectivity index (χ4v) is 5.60. The van der Waals surface area contributed by atoms with Crippen LogP contribution in [0.3, 0.4) is 0 Å². The van der Waals surface area contributed by atoms with Crippen LogP contribution in [0, 0.1) is 0 Å². The highest BCUT2D eigenvalue weighted by Crippen LogP contribution is 2.56. The average Bonchev–Trinajstić information content (AvgIpc) is 3.56. The third kappa shape index (κ3) is 4.23. The minimum absolute atomic E-state index is 0.221. The van der Waals surface area contributed by atoms with E-state index in [0.29, 0.717) is 0 Å². The number of rotatable bonds is 5. The van der Waals surface area contributed by atoms with Gasteiger partial charge < -0.3 is 4.74 Å². The van der Waals surface area contributed by atoms with Crippen LogP contribution in [0.5, 0.6) is 0 Å². The molecule has 3 heteroatoms. The van der Waals surface area contributed by atoms with E-state index in [0.717, 1.165) is 39.5 Å². The molecule has 2 aliphatic rings. The van der Waals surface area contributed by atoms with Gasteiger partial charge in [-0.3, -0.25) is 0 Å². The Labute approximate surface area is 229 Å². The highest BCUT2D eigenvalue weighted by atomic mass is 16.5. The summed E-state index contributed by atoms with van der Waals surface area (Å²) in [7, 11) is 0. The van der Waals surface area contributed by atoms with E-state index in [2.05, 4.69) is 168 Å². The topological polar surface area (TPSA) is 15.7 Å². The Bertz CT molecular complexity index is 1620. The lowest BCUT2D eigenvalue weighted by Crippen LogP contribution is -2.39. The molecular weight excluding hydrogens is 476 g/mol. The third-order valence-electron chi connectivity index (χ3n) is 7.30. The Hall–Kier alpha value is -4.86. The number of para-hydroxylation sites is 2. The molecule has 0 spiro atoms. The van der Waals surface area contributed by atoms with Crippen molar-refractivity contribution in [3.05, 3.63) is 185 Å². The Kier molecular flexibility index (Phi) is 6.04. The van der Waals surface area contributed by atoms with Crippen molar-refractivity contribution in [2.24, 2.45) is 0 Å². The number of hydrogen-bond donors (Lipinski definition) is 0. The van der Waals surface area contributed by atoms with Crippen molar-refractivity contribution in [3.63, 3.8) is 0 Å². The van der Waals surface area contributed by atoms with Gasteiger partial charge in [-0.15, -0.1) is 0 Å². The molecule has 0 aliphatic carbocycles. The summed E-state index contributed by atoms with van der Waals surface area (Å²) >= 11 is 0. The van der Waals surface area contributed by atoms with Crippen LogP contribution >= 0.6 is 0 Å². The lowest BCUT2D eigenvalue weighted by molar-refractivity contribution is 0.0499. The molecule has 2 heterocycles. The Morgan fingerprint density at radius 3 is 1.44 bits per heavy atom. The first-order valence-corrected chi connectivity index (χ1v) is 13.4. The van der Waals surface area contributed by atoms with Gasteiger partial charge in [0.05, 0.1) is 22.8 Å². The maximum absolute atomic E-state index is 7.02. The summed E-state index contributed by atoms with van der Waals surface area (Å²) in [5, 5.41) is 4.70. The molecule has 5 aromatic rings. The number of ether oxygens (including phenoxy) is 1. The summed E-state index contributed by atoms with van der Waals surface area (Å²) in [4.78, 5) is 0. The minimum Gasteiger partial charge on any atom is -0.354 e. The van der Waals surface area contributed by atoms with Crippen LogP contribution in [-0.2, 0) is 4.74 Å². The monoisotopic (exact) mass is 504 g/mol. The maximum Gasteiger partial charge on any atom is 0.126 e. The molecule has 0 fully saturated rings. The smallest absolute Gasteiger partial charge is 0.126 e. The minimum atomic E-state index is -0.237. The lowest BCUT2D eigenvalue weighted by Gasteiger charge is -2.37. The normalized spacial score (nSPS) is 19.5. The molecule has 5 aromatic carbocycles. The van der Waals surface area contributed by atoms with Crippen molar-refractivity contribution in [1.29, 1.82) is 0 Å². The van der Waals surface area contributed by atoms with Crippen LogP contribution in [0.2, 0.25) is 0 Å². The number of anilines is 2. The predicted octanol–water partition coefficient (Wildman–Crippen LogP) is 8.74. The molecule has 39 heavy (non-hydrogen) atoms. The van der Waals surface area contributed by atoms with Crippen LogP contribution in [0.15, 0.2) is 169 Å². The molecule has 0 bridgehead atoms. The van der Waals surface area contributed by atoms with Gasteiger partial charge in [-0.1, -0.05) is 127 Å². The van der Waals surface area contributed by atoms with Crippen LogP contribution in [0.25, 0.3) is 6.08 Å². The van der Waals surface area contributed by atoms with E-state index < -0.39 is 0 Å². The summed E-state index contributed by atoms with van der Waals surface area (Å²) in [5.74, 6) is 0. The number of benzene rings is 5. The van der Waals surface area contributed by atoms with Gasteiger partial charge in [0.1, 0.15) is 12.2 Å². The van der Waals surface area contributed by atoms with Crippen molar-refractivity contribution in [2.75, 3.05) is 10.0 Å². The molecule has 0 aromatic heterocycles. The molecule has 0 radical (unpaired) electrons. The summed E-state index contributed by atoms with van der Waals surface area (Å²) < 4.78 is 7.02. The van der Waals surface area contributed by atoms with Crippen molar-refractivity contribution in [1.82, 2.24) is 0 Å². The first-order valence-electron chi connectivity index (χ1n) is 13.4. The molecule has 188 valence electrons. The predicted molar refractivity (Wildman–Crippen MR) is 159 cm³/mol. The highest BCUT2D eigenvalue weighted by Gasteiger charge is 2.49. The number of hydrazine groups is 1. The van der Waals surface area contributed by atoms with E-state index in [1.165, 1.54) is 5.57 Å². The number of nitrogens with zero attached hydrogens (tertiary/aromatic N) is 2. The molecule has 3 nitrogen and oxygen atoms in total. The Morgan fingerprint density at radius 1 is 0.462 bits per heavy atom. The molecule has 2 atom stereocenters. The van der Waals surface area contributed by atoms with Crippen molar-refractivity contribution in [3.8, 4) is 0 Å². The van der Waals surface area contributed by atoms with Crippen LogP contribution in [0.1, 0.15) is 28.9 Å². The van der Waals surface area contributed by atoms with E-state index in [1.807, 2.05) is 0 Å². The van der Waals surface area contributed by atoms with Crippen LogP contribution in [0.4, 0.5) is 11.4 Å².